The molecule has 1 aromatic carbocycles. The van der Waals surface area contributed by atoms with E-state index in [0.29, 0.717) is 5.92 Å². The van der Waals surface area contributed by atoms with Gasteiger partial charge < -0.3 is 0 Å². The molecule has 0 aromatic heterocycles. The molecule has 1 nitrogen and oxygen atoms in total. The fourth-order valence-electron chi connectivity index (χ4n) is 1.65. The number of para-hydroxylation sites is 1. The van der Waals surface area contributed by atoms with Crippen LogP contribution in [-0.4, -0.2) is 6.21 Å². The second kappa shape index (κ2) is 4.94. The van der Waals surface area contributed by atoms with E-state index in [0.717, 1.165) is 6.42 Å². The molecule has 0 saturated heterocycles. The molecule has 0 fully saturated rings. The second-order valence-corrected chi connectivity index (χ2v) is 3.75. The van der Waals surface area contributed by atoms with E-state index in [1.165, 1.54) is 16.8 Å². The summed E-state index contributed by atoms with van der Waals surface area (Å²) in [5.74, 6) is 0.542. The van der Waals surface area contributed by atoms with Crippen LogP contribution < -0.4 is 0 Å². The first-order valence-corrected chi connectivity index (χ1v) is 5.31. The summed E-state index contributed by atoms with van der Waals surface area (Å²) in [4.78, 5) is 4.47. The second-order valence-electron chi connectivity index (χ2n) is 3.75. The van der Waals surface area contributed by atoms with Crippen LogP contribution in [-0.2, 0) is 6.42 Å². The highest BCUT2D eigenvalue weighted by Gasteiger charge is 2.08. The Kier molecular flexibility index (Phi) is 3.87. The van der Waals surface area contributed by atoms with Crippen molar-refractivity contribution in [2.24, 2.45) is 4.99 Å². The van der Waals surface area contributed by atoms with E-state index in [-0.39, 0.29) is 0 Å². The van der Waals surface area contributed by atoms with Crippen LogP contribution in [0, 0.1) is 0 Å². The number of benzene rings is 1. The maximum Gasteiger partial charge on any atom is 0.0691 e. The molecule has 1 aromatic rings. The average molecular weight is 189 g/mol. The maximum atomic E-state index is 4.47. The van der Waals surface area contributed by atoms with Crippen molar-refractivity contribution in [1.29, 1.82) is 0 Å². The van der Waals surface area contributed by atoms with Crippen molar-refractivity contribution < 1.29 is 0 Å². The highest BCUT2D eigenvalue weighted by molar-refractivity contribution is 5.65. The molecule has 0 atom stereocenters. The zero-order valence-electron chi connectivity index (χ0n) is 9.54. The summed E-state index contributed by atoms with van der Waals surface area (Å²) in [6.45, 7) is 8.57. The molecule has 0 radical (unpaired) electrons. The molecule has 0 N–H and O–H groups in total. The predicted molar refractivity (Wildman–Crippen MR) is 63.7 cm³/mol. The van der Waals surface area contributed by atoms with Crippen LogP contribution >= 0.6 is 0 Å². The summed E-state index contributed by atoms with van der Waals surface area (Å²) >= 11 is 0. The van der Waals surface area contributed by atoms with Crippen molar-refractivity contribution in [3.05, 3.63) is 29.3 Å². The summed E-state index contributed by atoms with van der Waals surface area (Å²) in [6.07, 6.45) is 2.92. The van der Waals surface area contributed by atoms with Gasteiger partial charge in [0, 0.05) is 6.21 Å². The van der Waals surface area contributed by atoms with Gasteiger partial charge in [0.25, 0.3) is 0 Å². The van der Waals surface area contributed by atoms with E-state index >= 15 is 0 Å². The van der Waals surface area contributed by atoms with Gasteiger partial charge in [0.1, 0.15) is 0 Å². The van der Waals surface area contributed by atoms with Crippen molar-refractivity contribution >= 4 is 11.9 Å². The number of aliphatic imine (C=N–C) groups is 1. The molecule has 1 rings (SSSR count). The normalized spacial score (nSPS) is 11.5. The summed E-state index contributed by atoms with van der Waals surface area (Å²) in [5.41, 5.74) is 3.87. The molecule has 0 spiro atoms. The molecule has 0 amide bonds. The molecule has 0 aliphatic heterocycles. The fourth-order valence-corrected chi connectivity index (χ4v) is 1.65. The van der Waals surface area contributed by atoms with E-state index < -0.39 is 0 Å². The molecule has 0 heterocycles. The van der Waals surface area contributed by atoms with Crippen LogP contribution in [0.15, 0.2) is 23.2 Å². The van der Waals surface area contributed by atoms with Crippen LogP contribution in [0.25, 0.3) is 0 Å². The molecule has 0 saturated carbocycles. The largest absolute Gasteiger partial charge is 0.261 e. The van der Waals surface area contributed by atoms with Crippen LogP contribution in [0.5, 0.6) is 0 Å². The fraction of sp³-hybridized carbons (Fsp3) is 0.462. The third-order valence-corrected chi connectivity index (χ3v) is 2.41. The minimum Gasteiger partial charge on any atom is -0.261 e. The van der Waals surface area contributed by atoms with Gasteiger partial charge in [-0.2, -0.15) is 0 Å². The first-order chi connectivity index (χ1) is 6.70. The Labute approximate surface area is 86.9 Å². The maximum absolute atomic E-state index is 4.47. The van der Waals surface area contributed by atoms with Gasteiger partial charge in [0.05, 0.1) is 5.69 Å². The van der Waals surface area contributed by atoms with Crippen molar-refractivity contribution in [1.82, 2.24) is 0 Å². The van der Waals surface area contributed by atoms with Gasteiger partial charge in [0.2, 0.25) is 0 Å². The van der Waals surface area contributed by atoms with Crippen LogP contribution in [0.3, 0.4) is 0 Å². The molecule has 76 valence electrons. The van der Waals surface area contributed by atoms with E-state index in [4.69, 9.17) is 0 Å². The number of aryl methyl sites for hydroxylation is 1. The van der Waals surface area contributed by atoms with Gasteiger partial charge in [-0.05, 0) is 30.4 Å². The topological polar surface area (TPSA) is 12.4 Å². The standard InChI is InChI=1S/C13H19N/c1-5-11-8-7-9-12(10(3)4)13(11)14-6-2/h6-10H,5H2,1-4H3. The average Bonchev–Trinajstić information content (AvgIpc) is 2.18. The highest BCUT2D eigenvalue weighted by Crippen LogP contribution is 2.30. The monoisotopic (exact) mass is 189 g/mol. The van der Waals surface area contributed by atoms with Gasteiger partial charge in [-0.25, -0.2) is 0 Å². The molecule has 0 aliphatic carbocycles. The summed E-state index contributed by atoms with van der Waals surface area (Å²) in [7, 11) is 0. The van der Waals surface area contributed by atoms with Crippen LogP contribution in [0.4, 0.5) is 5.69 Å². The smallest absolute Gasteiger partial charge is 0.0691 e. The number of hydrogen-bond acceptors (Lipinski definition) is 1. The SMILES string of the molecule is CC=Nc1c(CC)cccc1C(C)C. The quantitative estimate of drug-likeness (QED) is 0.635. The minimum absolute atomic E-state index is 0.542. The van der Waals surface area contributed by atoms with Crippen molar-refractivity contribution in [2.75, 3.05) is 0 Å². The molecule has 0 unspecified atom stereocenters. The van der Waals surface area contributed by atoms with E-state index in [1.807, 2.05) is 13.1 Å². The first-order valence-electron chi connectivity index (χ1n) is 5.31. The van der Waals surface area contributed by atoms with Gasteiger partial charge in [0.15, 0.2) is 0 Å². The lowest BCUT2D eigenvalue weighted by Gasteiger charge is -2.12. The first kappa shape index (κ1) is 11.0. The molecule has 1 heteroatoms. The van der Waals surface area contributed by atoms with E-state index in [1.54, 1.807) is 0 Å². The Hall–Kier alpha value is -1.11. The zero-order valence-corrected chi connectivity index (χ0v) is 9.54. The predicted octanol–water partition coefficient (Wildman–Crippen LogP) is 4.09. The molecular weight excluding hydrogens is 170 g/mol. The van der Waals surface area contributed by atoms with Crippen LogP contribution in [0.2, 0.25) is 0 Å². The van der Waals surface area contributed by atoms with Crippen molar-refractivity contribution in [3.63, 3.8) is 0 Å². The lowest BCUT2D eigenvalue weighted by atomic mass is 9.97. The van der Waals surface area contributed by atoms with Crippen molar-refractivity contribution in [3.8, 4) is 0 Å². The summed E-state index contributed by atoms with van der Waals surface area (Å²) in [5, 5.41) is 0. The molecule has 14 heavy (non-hydrogen) atoms. The highest BCUT2D eigenvalue weighted by atomic mass is 14.7. The van der Waals surface area contributed by atoms with Crippen molar-refractivity contribution in [2.45, 2.75) is 40.0 Å². The van der Waals surface area contributed by atoms with Crippen LogP contribution in [0.1, 0.15) is 44.7 Å². The molecular formula is C13H19N. The van der Waals surface area contributed by atoms with Gasteiger partial charge in [-0.1, -0.05) is 39.0 Å². The Morgan fingerprint density at radius 2 is 2.07 bits per heavy atom. The van der Waals surface area contributed by atoms with Gasteiger partial charge in [-0.15, -0.1) is 0 Å². The number of rotatable bonds is 3. The Morgan fingerprint density at radius 1 is 1.36 bits per heavy atom. The minimum atomic E-state index is 0.542. The van der Waals surface area contributed by atoms with E-state index in [9.17, 15) is 0 Å². The molecule has 0 bridgehead atoms. The third-order valence-electron chi connectivity index (χ3n) is 2.41. The Balaban J connectivity index is 3.27. The van der Waals surface area contributed by atoms with Gasteiger partial charge in [-0.3, -0.25) is 4.99 Å². The Bertz CT molecular complexity index is 324. The summed E-state index contributed by atoms with van der Waals surface area (Å²) < 4.78 is 0. The lowest BCUT2D eigenvalue weighted by molar-refractivity contribution is 0.863. The lowest BCUT2D eigenvalue weighted by Crippen LogP contribution is -1.92. The van der Waals surface area contributed by atoms with Gasteiger partial charge >= 0.3 is 0 Å². The zero-order chi connectivity index (χ0) is 10.6. The van der Waals surface area contributed by atoms with E-state index in [2.05, 4.69) is 44.0 Å². The molecule has 0 aliphatic rings. The number of hydrogen-bond donors (Lipinski definition) is 0. The Morgan fingerprint density at radius 3 is 2.57 bits per heavy atom. The summed E-state index contributed by atoms with van der Waals surface area (Å²) in [6, 6.07) is 6.46. The third kappa shape index (κ3) is 2.22. The number of nitrogens with zero attached hydrogens (tertiary/aromatic N) is 1.